The molecule has 0 radical (unpaired) electrons. The highest BCUT2D eigenvalue weighted by Gasteiger charge is 2.32. The molecule has 1 atom stereocenters. The van der Waals surface area contributed by atoms with E-state index >= 15 is 0 Å². The first kappa shape index (κ1) is 19.6. The van der Waals surface area contributed by atoms with E-state index in [9.17, 15) is 18.0 Å². The molecule has 1 amide bonds. The van der Waals surface area contributed by atoms with Crippen molar-refractivity contribution < 1.29 is 18.0 Å². The molecule has 1 aromatic carbocycles. The van der Waals surface area contributed by atoms with Crippen LogP contribution in [0, 0.1) is 5.92 Å². The monoisotopic (exact) mass is 366 g/mol. The van der Waals surface area contributed by atoms with Gasteiger partial charge in [0.05, 0.1) is 4.90 Å². The smallest absolute Gasteiger partial charge is 0.243 e. The van der Waals surface area contributed by atoms with Gasteiger partial charge in [0.25, 0.3) is 0 Å². The molecule has 0 spiro atoms. The quantitative estimate of drug-likeness (QED) is 0.783. The number of carbonyl (C=O) groups excluding carboxylic acids is 2. The van der Waals surface area contributed by atoms with E-state index < -0.39 is 10.0 Å². The highest BCUT2D eigenvalue weighted by molar-refractivity contribution is 7.89. The normalized spacial score (nSPS) is 17.9. The summed E-state index contributed by atoms with van der Waals surface area (Å²) < 4.78 is 27.0. The molecule has 0 bridgehead atoms. The maximum absolute atomic E-state index is 12.8. The van der Waals surface area contributed by atoms with Crippen molar-refractivity contribution in [1.29, 1.82) is 0 Å². The summed E-state index contributed by atoms with van der Waals surface area (Å²) in [4.78, 5) is 23.8. The van der Waals surface area contributed by atoms with Crippen LogP contribution in [0.15, 0.2) is 29.2 Å². The van der Waals surface area contributed by atoms with Crippen LogP contribution in [0.5, 0.6) is 0 Å². The summed E-state index contributed by atoms with van der Waals surface area (Å²) in [5.74, 6) is -0.313. The first-order chi connectivity index (χ1) is 11.8. The number of amides is 1. The van der Waals surface area contributed by atoms with Crippen molar-refractivity contribution in [3.05, 3.63) is 29.8 Å². The molecule has 1 saturated heterocycles. The van der Waals surface area contributed by atoms with Gasteiger partial charge in [0.15, 0.2) is 5.78 Å². The van der Waals surface area contributed by atoms with E-state index in [1.807, 2.05) is 13.8 Å². The lowest BCUT2D eigenvalue weighted by Crippen LogP contribution is -2.44. The van der Waals surface area contributed by atoms with Gasteiger partial charge >= 0.3 is 0 Å². The van der Waals surface area contributed by atoms with Crippen LogP contribution in [-0.4, -0.2) is 43.5 Å². The highest BCUT2D eigenvalue weighted by Crippen LogP contribution is 2.24. The maximum atomic E-state index is 12.8. The van der Waals surface area contributed by atoms with Gasteiger partial charge < -0.3 is 5.32 Å². The molecular weight excluding hydrogens is 340 g/mol. The Bertz CT molecular complexity index is 737. The van der Waals surface area contributed by atoms with Gasteiger partial charge in [-0.2, -0.15) is 4.31 Å². The molecular formula is C18H26N2O4S. The number of Topliss-reactive ketones (excluding diaryl/α,β-unsaturated/α-hetero) is 1. The van der Waals surface area contributed by atoms with Crippen molar-refractivity contribution in [2.45, 2.75) is 51.0 Å². The summed E-state index contributed by atoms with van der Waals surface area (Å²) in [5.41, 5.74) is 0.379. The van der Waals surface area contributed by atoms with Gasteiger partial charge in [-0.1, -0.05) is 19.1 Å². The number of nitrogens with zero attached hydrogens (tertiary/aromatic N) is 1. The zero-order chi connectivity index (χ0) is 18.6. The molecule has 1 aliphatic rings. The summed E-state index contributed by atoms with van der Waals surface area (Å²) in [6.45, 7) is 6.00. The summed E-state index contributed by atoms with van der Waals surface area (Å²) in [6.07, 6.45) is 1.88. The maximum Gasteiger partial charge on any atom is 0.243 e. The van der Waals surface area contributed by atoms with Crippen LogP contribution < -0.4 is 5.32 Å². The van der Waals surface area contributed by atoms with Crippen LogP contribution in [0.1, 0.15) is 50.4 Å². The van der Waals surface area contributed by atoms with Crippen molar-refractivity contribution in [2.24, 2.45) is 5.92 Å². The van der Waals surface area contributed by atoms with E-state index in [-0.39, 0.29) is 28.5 Å². The molecule has 1 heterocycles. The van der Waals surface area contributed by atoms with Gasteiger partial charge in [-0.05, 0) is 45.2 Å². The highest BCUT2D eigenvalue weighted by atomic mass is 32.2. The van der Waals surface area contributed by atoms with E-state index in [0.29, 0.717) is 31.5 Å². The molecule has 7 heteroatoms. The van der Waals surface area contributed by atoms with Crippen molar-refractivity contribution >= 4 is 21.7 Å². The molecule has 1 fully saturated rings. The van der Waals surface area contributed by atoms with E-state index in [0.717, 1.165) is 6.42 Å². The first-order valence-electron chi connectivity index (χ1n) is 8.67. The number of carbonyl (C=O) groups is 2. The number of hydrogen-bond acceptors (Lipinski definition) is 4. The summed E-state index contributed by atoms with van der Waals surface area (Å²) >= 11 is 0. The van der Waals surface area contributed by atoms with Gasteiger partial charge in [0, 0.05) is 30.6 Å². The Kier molecular flexibility index (Phi) is 6.35. The average molecular weight is 366 g/mol. The number of benzene rings is 1. The second kappa shape index (κ2) is 8.10. The van der Waals surface area contributed by atoms with E-state index in [4.69, 9.17) is 0 Å². The molecule has 0 aliphatic carbocycles. The molecule has 2 rings (SSSR count). The zero-order valence-electron chi connectivity index (χ0n) is 15.0. The number of rotatable bonds is 6. The Hall–Kier alpha value is -1.73. The fourth-order valence-corrected chi connectivity index (χ4v) is 4.36. The average Bonchev–Trinajstić information content (AvgIpc) is 2.61. The SMILES string of the molecule is CC[C@@H](C)NC(=O)C1CCN(S(=O)(=O)c2cccc(C(C)=O)c2)CC1. The topological polar surface area (TPSA) is 83.6 Å². The minimum absolute atomic E-state index is 0.00461. The second-order valence-electron chi connectivity index (χ2n) is 6.58. The van der Waals surface area contributed by atoms with Gasteiger partial charge in [-0.15, -0.1) is 0 Å². The molecule has 0 aromatic heterocycles. The molecule has 138 valence electrons. The number of nitrogens with one attached hydrogen (secondary N) is 1. The summed E-state index contributed by atoms with van der Waals surface area (Å²) in [6, 6.07) is 6.23. The fraction of sp³-hybridized carbons (Fsp3) is 0.556. The van der Waals surface area contributed by atoms with Crippen molar-refractivity contribution in [3.8, 4) is 0 Å². The van der Waals surface area contributed by atoms with Crippen molar-refractivity contribution in [1.82, 2.24) is 9.62 Å². The van der Waals surface area contributed by atoms with Crippen molar-refractivity contribution in [3.63, 3.8) is 0 Å². The minimum Gasteiger partial charge on any atom is -0.353 e. The largest absolute Gasteiger partial charge is 0.353 e. The standard InChI is InChI=1S/C18H26N2O4S/c1-4-13(2)19-18(22)15-8-10-20(11-9-15)25(23,24)17-7-5-6-16(12-17)14(3)21/h5-7,12-13,15H,4,8-11H2,1-3H3,(H,19,22)/t13-/m1/s1. The lowest BCUT2D eigenvalue weighted by molar-refractivity contribution is -0.126. The Morgan fingerprint density at radius 1 is 1.28 bits per heavy atom. The molecule has 6 nitrogen and oxygen atoms in total. The zero-order valence-corrected chi connectivity index (χ0v) is 15.8. The third-order valence-corrected chi connectivity index (χ3v) is 6.60. The van der Waals surface area contributed by atoms with E-state index in [1.54, 1.807) is 12.1 Å². The number of sulfonamides is 1. The number of hydrogen-bond donors (Lipinski definition) is 1. The Morgan fingerprint density at radius 2 is 1.92 bits per heavy atom. The lowest BCUT2D eigenvalue weighted by atomic mass is 9.97. The van der Waals surface area contributed by atoms with Crippen LogP contribution in [0.25, 0.3) is 0 Å². The number of piperidine rings is 1. The molecule has 1 N–H and O–H groups in total. The second-order valence-corrected chi connectivity index (χ2v) is 8.52. The fourth-order valence-electron chi connectivity index (χ4n) is 2.85. The van der Waals surface area contributed by atoms with Gasteiger partial charge in [0.1, 0.15) is 0 Å². The van der Waals surface area contributed by atoms with Crippen LogP contribution >= 0.6 is 0 Å². The van der Waals surface area contributed by atoms with Crippen LogP contribution in [0.2, 0.25) is 0 Å². The third kappa shape index (κ3) is 4.67. The predicted octanol–water partition coefficient (Wildman–Crippen LogP) is 2.20. The molecule has 1 aliphatic heterocycles. The molecule has 25 heavy (non-hydrogen) atoms. The lowest BCUT2D eigenvalue weighted by Gasteiger charge is -2.31. The summed E-state index contributed by atoms with van der Waals surface area (Å²) in [7, 11) is -3.65. The third-order valence-electron chi connectivity index (χ3n) is 4.70. The van der Waals surface area contributed by atoms with Crippen LogP contribution in [0.4, 0.5) is 0 Å². The Balaban J connectivity index is 2.05. The predicted molar refractivity (Wildman–Crippen MR) is 95.8 cm³/mol. The Morgan fingerprint density at radius 3 is 2.48 bits per heavy atom. The van der Waals surface area contributed by atoms with Gasteiger partial charge in [-0.25, -0.2) is 8.42 Å². The molecule has 1 aromatic rings. The van der Waals surface area contributed by atoms with E-state index in [1.165, 1.54) is 23.4 Å². The molecule has 0 saturated carbocycles. The van der Waals surface area contributed by atoms with Gasteiger partial charge in [0.2, 0.25) is 15.9 Å². The Labute approximate surface area is 149 Å². The van der Waals surface area contributed by atoms with Crippen LogP contribution in [-0.2, 0) is 14.8 Å². The summed E-state index contributed by atoms with van der Waals surface area (Å²) in [5, 5.41) is 2.96. The van der Waals surface area contributed by atoms with Crippen LogP contribution in [0.3, 0.4) is 0 Å². The van der Waals surface area contributed by atoms with E-state index in [2.05, 4.69) is 5.32 Å². The minimum atomic E-state index is -3.65. The first-order valence-corrected chi connectivity index (χ1v) is 10.1. The molecule has 0 unspecified atom stereocenters. The van der Waals surface area contributed by atoms with Crippen molar-refractivity contribution in [2.75, 3.05) is 13.1 Å². The number of ketones is 1. The van der Waals surface area contributed by atoms with Gasteiger partial charge in [-0.3, -0.25) is 9.59 Å².